The first-order chi connectivity index (χ1) is 7.70. The minimum Gasteiger partial charge on any atom is -0.431 e. The van der Waals surface area contributed by atoms with E-state index in [1.54, 1.807) is 0 Å². The van der Waals surface area contributed by atoms with Crippen LogP contribution in [-0.2, 0) is 9.53 Å². The van der Waals surface area contributed by atoms with Crippen molar-refractivity contribution in [3.8, 4) is 0 Å². The Balaban J connectivity index is 4.09. The smallest absolute Gasteiger partial charge is 0.307 e. The van der Waals surface area contributed by atoms with Crippen molar-refractivity contribution >= 4 is 5.97 Å². The molecule has 0 bridgehead atoms. The number of hydrogen-bond acceptors (Lipinski definition) is 2. The van der Waals surface area contributed by atoms with Crippen LogP contribution in [-0.4, -0.2) is 5.97 Å². The molecule has 0 aliphatic rings. The third-order valence-corrected chi connectivity index (χ3v) is 2.19. The van der Waals surface area contributed by atoms with Gasteiger partial charge in [0.15, 0.2) is 0 Å². The van der Waals surface area contributed by atoms with Crippen molar-refractivity contribution in [1.29, 1.82) is 0 Å². The van der Waals surface area contributed by atoms with Gasteiger partial charge in [-0.05, 0) is 18.9 Å². The van der Waals surface area contributed by atoms with E-state index in [1.165, 1.54) is 19.8 Å². The first-order valence-electron chi connectivity index (χ1n) is 6.24. The van der Waals surface area contributed by atoms with Gasteiger partial charge in [0.1, 0.15) is 5.76 Å². The lowest BCUT2D eigenvalue weighted by atomic mass is 10.2. The Labute approximate surface area is 99.4 Å². The van der Waals surface area contributed by atoms with Gasteiger partial charge in [-0.3, -0.25) is 4.79 Å². The van der Waals surface area contributed by atoms with E-state index < -0.39 is 0 Å². The van der Waals surface area contributed by atoms with Gasteiger partial charge in [-0.1, -0.05) is 45.3 Å². The molecule has 0 saturated carbocycles. The first-order valence-corrected chi connectivity index (χ1v) is 6.24. The lowest BCUT2D eigenvalue weighted by Gasteiger charge is -2.04. The second-order valence-electron chi connectivity index (χ2n) is 3.90. The largest absolute Gasteiger partial charge is 0.431 e. The number of esters is 1. The molecule has 0 aromatic heterocycles. The van der Waals surface area contributed by atoms with Crippen LogP contribution in [0.25, 0.3) is 0 Å². The van der Waals surface area contributed by atoms with Crippen molar-refractivity contribution < 1.29 is 9.53 Å². The Morgan fingerprint density at radius 3 is 2.44 bits per heavy atom. The molecule has 0 spiro atoms. The molecule has 2 nitrogen and oxygen atoms in total. The maximum Gasteiger partial charge on any atom is 0.307 e. The van der Waals surface area contributed by atoms with Crippen molar-refractivity contribution in [2.24, 2.45) is 0 Å². The maximum atomic E-state index is 10.9. The monoisotopic (exact) mass is 224 g/mol. The molecule has 92 valence electrons. The Hall–Kier alpha value is -1.05. The van der Waals surface area contributed by atoms with Crippen molar-refractivity contribution in [2.75, 3.05) is 0 Å². The molecule has 0 aromatic rings. The van der Waals surface area contributed by atoms with Crippen molar-refractivity contribution in [3.63, 3.8) is 0 Å². The van der Waals surface area contributed by atoms with Gasteiger partial charge in [0.05, 0.1) is 0 Å². The van der Waals surface area contributed by atoms with Gasteiger partial charge in [-0.2, -0.15) is 0 Å². The highest BCUT2D eigenvalue weighted by Gasteiger charge is 2.00. The molecule has 2 heteroatoms. The number of allylic oxidation sites excluding steroid dienone is 4. The quantitative estimate of drug-likeness (QED) is 0.265. The summed E-state index contributed by atoms with van der Waals surface area (Å²) < 4.78 is 5.13. The minimum atomic E-state index is -0.232. The molecule has 0 amide bonds. The molecule has 0 aromatic carbocycles. The predicted molar refractivity (Wildman–Crippen MR) is 68.0 cm³/mol. The zero-order chi connectivity index (χ0) is 12.2. The van der Waals surface area contributed by atoms with Gasteiger partial charge in [0, 0.05) is 13.3 Å². The molecule has 0 N–H and O–H groups in total. The van der Waals surface area contributed by atoms with Gasteiger partial charge >= 0.3 is 5.97 Å². The summed E-state index contributed by atoms with van der Waals surface area (Å²) in [7, 11) is 0. The average molecular weight is 224 g/mol. The zero-order valence-electron chi connectivity index (χ0n) is 10.8. The SMILES string of the molecule is CCCC/C=C/C=C(\CCCC)OC(C)=O. The van der Waals surface area contributed by atoms with E-state index in [0.717, 1.165) is 31.4 Å². The fourth-order valence-electron chi connectivity index (χ4n) is 1.30. The minimum absolute atomic E-state index is 0.232. The molecule has 0 rings (SSSR count). The molecule has 0 radical (unpaired) electrons. The number of carbonyl (C=O) groups excluding carboxylic acids is 1. The number of rotatable bonds is 8. The van der Waals surface area contributed by atoms with Gasteiger partial charge < -0.3 is 4.74 Å². The molecule has 0 saturated heterocycles. The van der Waals surface area contributed by atoms with E-state index in [0.29, 0.717) is 0 Å². The number of unbranched alkanes of at least 4 members (excludes halogenated alkanes) is 3. The van der Waals surface area contributed by atoms with Gasteiger partial charge in [-0.25, -0.2) is 0 Å². The van der Waals surface area contributed by atoms with Crippen LogP contribution in [0.2, 0.25) is 0 Å². The summed E-state index contributed by atoms with van der Waals surface area (Å²) in [4.78, 5) is 10.9. The van der Waals surface area contributed by atoms with Crippen LogP contribution >= 0.6 is 0 Å². The summed E-state index contributed by atoms with van der Waals surface area (Å²) in [5, 5.41) is 0. The second-order valence-corrected chi connectivity index (χ2v) is 3.90. The average Bonchev–Trinajstić information content (AvgIpc) is 2.24. The van der Waals surface area contributed by atoms with Gasteiger partial charge in [0.25, 0.3) is 0 Å². The summed E-state index contributed by atoms with van der Waals surface area (Å²) >= 11 is 0. The molecule has 0 aliphatic carbocycles. The Kier molecular flexibility index (Phi) is 9.78. The summed E-state index contributed by atoms with van der Waals surface area (Å²) in [5.41, 5.74) is 0. The van der Waals surface area contributed by atoms with Gasteiger partial charge in [-0.15, -0.1) is 0 Å². The van der Waals surface area contributed by atoms with Crippen LogP contribution < -0.4 is 0 Å². The highest BCUT2D eigenvalue weighted by molar-refractivity contribution is 5.67. The topological polar surface area (TPSA) is 26.3 Å². The predicted octanol–water partition coefficient (Wildman–Crippen LogP) is 4.37. The van der Waals surface area contributed by atoms with Crippen LogP contribution in [0.1, 0.15) is 59.3 Å². The van der Waals surface area contributed by atoms with Crippen molar-refractivity contribution in [3.05, 3.63) is 24.0 Å². The molecule has 16 heavy (non-hydrogen) atoms. The Bertz CT molecular complexity index is 239. The third-order valence-electron chi connectivity index (χ3n) is 2.19. The Morgan fingerprint density at radius 2 is 1.88 bits per heavy atom. The number of hydrogen-bond donors (Lipinski definition) is 0. The van der Waals surface area contributed by atoms with Crippen molar-refractivity contribution in [1.82, 2.24) is 0 Å². The summed E-state index contributed by atoms with van der Waals surface area (Å²) in [6.07, 6.45) is 12.5. The van der Waals surface area contributed by atoms with E-state index >= 15 is 0 Å². The molecule has 0 fully saturated rings. The van der Waals surface area contributed by atoms with Crippen LogP contribution in [0.4, 0.5) is 0 Å². The van der Waals surface area contributed by atoms with Gasteiger partial charge in [0.2, 0.25) is 0 Å². The molecule has 0 atom stereocenters. The first kappa shape index (κ1) is 14.9. The zero-order valence-corrected chi connectivity index (χ0v) is 10.8. The summed E-state index contributed by atoms with van der Waals surface area (Å²) in [5.74, 6) is 0.548. The lowest BCUT2D eigenvalue weighted by molar-refractivity contribution is -0.137. The van der Waals surface area contributed by atoms with Crippen LogP contribution in [0.3, 0.4) is 0 Å². The van der Waals surface area contributed by atoms with Crippen LogP contribution in [0.5, 0.6) is 0 Å². The molecule has 0 aliphatic heterocycles. The molecular formula is C14H24O2. The second kappa shape index (κ2) is 10.5. The van der Waals surface area contributed by atoms with Crippen molar-refractivity contribution in [2.45, 2.75) is 59.3 Å². The van der Waals surface area contributed by atoms with E-state index in [1.807, 2.05) is 12.2 Å². The van der Waals surface area contributed by atoms with Crippen LogP contribution in [0, 0.1) is 0 Å². The van der Waals surface area contributed by atoms with E-state index in [9.17, 15) is 4.79 Å². The fourth-order valence-corrected chi connectivity index (χ4v) is 1.30. The summed E-state index contributed by atoms with van der Waals surface area (Å²) in [6, 6.07) is 0. The van der Waals surface area contributed by atoms with E-state index in [4.69, 9.17) is 4.74 Å². The maximum absolute atomic E-state index is 10.9. The Morgan fingerprint density at radius 1 is 1.19 bits per heavy atom. The molecule has 0 unspecified atom stereocenters. The standard InChI is InChI=1S/C14H24O2/c1-4-6-8-9-10-12-14(11-7-5-2)16-13(3)15/h9-10,12H,4-8,11H2,1-3H3/b10-9+,14-12+. The fraction of sp³-hybridized carbons (Fsp3) is 0.643. The lowest BCUT2D eigenvalue weighted by Crippen LogP contribution is -1.98. The van der Waals surface area contributed by atoms with E-state index in [-0.39, 0.29) is 5.97 Å². The molecule has 0 heterocycles. The van der Waals surface area contributed by atoms with E-state index in [2.05, 4.69) is 19.9 Å². The third kappa shape index (κ3) is 9.50. The highest BCUT2D eigenvalue weighted by Crippen LogP contribution is 2.09. The number of ether oxygens (including phenoxy) is 1. The molecular weight excluding hydrogens is 200 g/mol. The highest BCUT2D eigenvalue weighted by atomic mass is 16.5. The normalized spacial score (nSPS) is 12.1. The summed E-state index contributed by atoms with van der Waals surface area (Å²) in [6.45, 7) is 5.75. The van der Waals surface area contributed by atoms with Crippen LogP contribution in [0.15, 0.2) is 24.0 Å². The number of carbonyl (C=O) groups is 1.